The lowest BCUT2D eigenvalue weighted by molar-refractivity contribution is -0.119. The van der Waals surface area contributed by atoms with Crippen LogP contribution in [-0.2, 0) is 9.59 Å². The predicted octanol–water partition coefficient (Wildman–Crippen LogP) is 1.44. The number of hydrogen-bond donors (Lipinski definition) is 2. The zero-order chi connectivity index (χ0) is 14.0. The van der Waals surface area contributed by atoms with Crippen molar-refractivity contribution < 1.29 is 14.4 Å². The Morgan fingerprint density at radius 3 is 2.79 bits per heavy atom. The normalized spacial score (nSPS) is 13.4. The summed E-state index contributed by atoms with van der Waals surface area (Å²) >= 11 is 1.36. The van der Waals surface area contributed by atoms with Gasteiger partial charge in [-0.05, 0) is 32.0 Å². The van der Waals surface area contributed by atoms with Gasteiger partial charge in [-0.1, -0.05) is 0 Å². The Balaban J connectivity index is 2.01. The summed E-state index contributed by atoms with van der Waals surface area (Å²) in [5.74, 6) is -0.849. The molecule has 100 valence electrons. The molecule has 2 amide bonds. The molecule has 1 aliphatic rings. The summed E-state index contributed by atoms with van der Waals surface area (Å²) in [6, 6.07) is 5.18. The van der Waals surface area contributed by atoms with E-state index in [1.54, 1.807) is 18.2 Å². The third-order valence-corrected chi connectivity index (χ3v) is 3.50. The highest BCUT2D eigenvalue weighted by Crippen LogP contribution is 2.28. The second kappa shape index (κ2) is 5.44. The van der Waals surface area contributed by atoms with E-state index in [1.165, 1.54) is 11.8 Å². The smallest absolute Gasteiger partial charge is 0.296 e. The van der Waals surface area contributed by atoms with Crippen molar-refractivity contribution in [3.8, 4) is 0 Å². The van der Waals surface area contributed by atoms with Gasteiger partial charge in [-0.15, -0.1) is 11.8 Å². The van der Waals surface area contributed by atoms with Gasteiger partial charge in [0.05, 0.1) is 17.0 Å². The first-order valence-electron chi connectivity index (χ1n) is 5.89. The number of anilines is 1. The number of nitrogens with one attached hydrogen (secondary N) is 2. The summed E-state index contributed by atoms with van der Waals surface area (Å²) < 4.78 is 0. The van der Waals surface area contributed by atoms with E-state index in [9.17, 15) is 14.4 Å². The van der Waals surface area contributed by atoms with Crippen molar-refractivity contribution in [3.05, 3.63) is 23.8 Å². The molecule has 2 rings (SSSR count). The highest BCUT2D eigenvalue weighted by atomic mass is 32.2. The predicted molar refractivity (Wildman–Crippen MR) is 73.4 cm³/mol. The lowest BCUT2D eigenvalue weighted by Crippen LogP contribution is -2.31. The molecule has 1 heterocycles. The van der Waals surface area contributed by atoms with Crippen LogP contribution in [-0.4, -0.2) is 29.4 Å². The van der Waals surface area contributed by atoms with Gasteiger partial charge in [0.2, 0.25) is 5.91 Å². The lowest BCUT2D eigenvalue weighted by atomic mass is 10.1. The quantitative estimate of drug-likeness (QED) is 0.645. The Bertz CT molecular complexity index is 555. The van der Waals surface area contributed by atoms with E-state index >= 15 is 0 Å². The molecule has 2 N–H and O–H groups in total. The third kappa shape index (κ3) is 3.14. The number of hydrogen-bond acceptors (Lipinski definition) is 4. The molecule has 0 saturated carbocycles. The molecule has 1 aromatic carbocycles. The molecule has 1 aromatic rings. The van der Waals surface area contributed by atoms with Gasteiger partial charge in [0.15, 0.2) is 0 Å². The number of rotatable bonds is 4. The van der Waals surface area contributed by atoms with Crippen LogP contribution < -0.4 is 10.6 Å². The van der Waals surface area contributed by atoms with E-state index in [-0.39, 0.29) is 11.9 Å². The number of carbonyl (C=O) groups excluding carboxylic acids is 3. The summed E-state index contributed by atoms with van der Waals surface area (Å²) in [7, 11) is 0. The number of fused-ring (bicyclic) bond motifs is 1. The van der Waals surface area contributed by atoms with Crippen molar-refractivity contribution in [1.82, 2.24) is 5.32 Å². The van der Waals surface area contributed by atoms with E-state index in [0.717, 1.165) is 4.90 Å². The average molecular weight is 278 g/mol. The first-order valence-corrected chi connectivity index (χ1v) is 6.88. The molecule has 19 heavy (non-hydrogen) atoms. The molecule has 0 aromatic heterocycles. The van der Waals surface area contributed by atoms with Gasteiger partial charge in [-0.2, -0.15) is 0 Å². The maximum absolute atomic E-state index is 11.5. The number of amides is 2. The van der Waals surface area contributed by atoms with Crippen molar-refractivity contribution in [1.29, 1.82) is 0 Å². The second-order valence-corrected chi connectivity index (χ2v) is 5.55. The highest BCUT2D eigenvalue weighted by Gasteiger charge is 2.27. The maximum atomic E-state index is 11.5. The van der Waals surface area contributed by atoms with Crippen molar-refractivity contribution in [2.45, 2.75) is 24.8 Å². The molecule has 5 nitrogen and oxygen atoms in total. The molecule has 0 bridgehead atoms. The molecule has 0 radical (unpaired) electrons. The Kier molecular flexibility index (Phi) is 3.90. The van der Waals surface area contributed by atoms with Crippen LogP contribution in [0.4, 0.5) is 5.69 Å². The third-order valence-electron chi connectivity index (χ3n) is 2.51. The lowest BCUT2D eigenvalue weighted by Gasteiger charge is -2.08. The molecule has 0 unspecified atom stereocenters. The molecular weight excluding hydrogens is 264 g/mol. The minimum absolute atomic E-state index is 0.0411. The van der Waals surface area contributed by atoms with Crippen LogP contribution >= 0.6 is 11.8 Å². The average Bonchev–Trinajstić information content (AvgIpc) is 2.61. The first-order chi connectivity index (χ1) is 8.97. The summed E-state index contributed by atoms with van der Waals surface area (Å²) in [6.45, 7) is 3.80. The highest BCUT2D eigenvalue weighted by molar-refractivity contribution is 8.00. The molecular formula is C13H14N2O3S. The van der Waals surface area contributed by atoms with Crippen molar-refractivity contribution in [2.24, 2.45) is 0 Å². The molecule has 1 aliphatic heterocycles. The van der Waals surface area contributed by atoms with Crippen molar-refractivity contribution >= 4 is 35.0 Å². The van der Waals surface area contributed by atoms with Crippen LogP contribution in [0.3, 0.4) is 0 Å². The van der Waals surface area contributed by atoms with Crippen LogP contribution in [0.15, 0.2) is 23.1 Å². The van der Waals surface area contributed by atoms with E-state index in [1.807, 2.05) is 13.8 Å². The van der Waals surface area contributed by atoms with E-state index in [4.69, 9.17) is 0 Å². The van der Waals surface area contributed by atoms with E-state index in [2.05, 4.69) is 10.6 Å². The summed E-state index contributed by atoms with van der Waals surface area (Å²) in [4.78, 5) is 35.0. The van der Waals surface area contributed by atoms with E-state index in [0.29, 0.717) is 17.0 Å². The topological polar surface area (TPSA) is 75.3 Å². The largest absolute Gasteiger partial charge is 0.353 e. The number of ketones is 1. The Morgan fingerprint density at radius 1 is 1.37 bits per heavy atom. The summed E-state index contributed by atoms with van der Waals surface area (Å²) in [6.07, 6.45) is 0. The van der Waals surface area contributed by atoms with Crippen LogP contribution in [0.2, 0.25) is 0 Å². The van der Waals surface area contributed by atoms with E-state index < -0.39 is 11.7 Å². The van der Waals surface area contributed by atoms with Crippen LogP contribution in [0.5, 0.6) is 0 Å². The monoisotopic (exact) mass is 278 g/mol. The van der Waals surface area contributed by atoms with Gasteiger partial charge in [0, 0.05) is 10.9 Å². The van der Waals surface area contributed by atoms with Crippen LogP contribution in [0, 0.1) is 0 Å². The number of carbonyl (C=O) groups is 3. The SMILES string of the molecule is CC(C)NC(=O)CSc1ccc2c(c1)NC(=O)C2=O. The Hall–Kier alpha value is -1.82. The molecule has 0 fully saturated rings. The zero-order valence-corrected chi connectivity index (χ0v) is 11.5. The first kappa shape index (κ1) is 13.6. The van der Waals surface area contributed by atoms with Gasteiger partial charge in [-0.25, -0.2) is 0 Å². The van der Waals surface area contributed by atoms with Gasteiger partial charge in [0.25, 0.3) is 11.7 Å². The fourth-order valence-electron chi connectivity index (χ4n) is 1.73. The molecule has 0 spiro atoms. The molecule has 0 atom stereocenters. The number of Topliss-reactive ketones (excluding diaryl/α,β-unsaturated/α-hetero) is 1. The van der Waals surface area contributed by atoms with Crippen LogP contribution in [0.25, 0.3) is 0 Å². The Labute approximate surface area is 115 Å². The number of benzene rings is 1. The molecule has 0 aliphatic carbocycles. The van der Waals surface area contributed by atoms with Crippen LogP contribution in [0.1, 0.15) is 24.2 Å². The van der Waals surface area contributed by atoms with Gasteiger partial charge in [-0.3, -0.25) is 14.4 Å². The van der Waals surface area contributed by atoms with Gasteiger partial charge >= 0.3 is 0 Å². The molecule has 0 saturated heterocycles. The minimum Gasteiger partial charge on any atom is -0.353 e. The summed E-state index contributed by atoms with van der Waals surface area (Å²) in [5, 5.41) is 5.30. The van der Waals surface area contributed by atoms with Crippen molar-refractivity contribution in [2.75, 3.05) is 11.1 Å². The fraction of sp³-hybridized carbons (Fsp3) is 0.308. The Morgan fingerprint density at radius 2 is 2.11 bits per heavy atom. The summed E-state index contributed by atoms with van der Waals surface area (Å²) in [5.41, 5.74) is 0.908. The second-order valence-electron chi connectivity index (χ2n) is 4.50. The molecule has 6 heteroatoms. The standard InChI is InChI=1S/C13H14N2O3S/c1-7(2)14-11(16)6-19-8-3-4-9-10(5-8)15-13(18)12(9)17/h3-5,7H,6H2,1-2H3,(H,14,16)(H,15,17,18). The van der Waals surface area contributed by atoms with Gasteiger partial charge < -0.3 is 10.6 Å². The van der Waals surface area contributed by atoms with Crippen molar-refractivity contribution in [3.63, 3.8) is 0 Å². The van der Waals surface area contributed by atoms with Gasteiger partial charge in [0.1, 0.15) is 0 Å². The number of thioether (sulfide) groups is 1. The zero-order valence-electron chi connectivity index (χ0n) is 10.6. The maximum Gasteiger partial charge on any atom is 0.296 e. The fourth-order valence-corrected chi connectivity index (χ4v) is 2.48. The minimum atomic E-state index is -0.602.